The van der Waals surface area contributed by atoms with Crippen molar-refractivity contribution in [1.82, 2.24) is 0 Å². The van der Waals surface area contributed by atoms with E-state index in [1.807, 2.05) is 20.8 Å². The second-order valence-corrected chi connectivity index (χ2v) is 7.06. The van der Waals surface area contributed by atoms with Gasteiger partial charge in [-0.1, -0.05) is 0 Å². The number of hydrogen-bond acceptors (Lipinski definition) is 4. The summed E-state index contributed by atoms with van der Waals surface area (Å²) in [7, 11) is 0. The SMILES string of the molecule is Cc1c(C)c2c(c(C)c1OC1CCCCO1)CC[C@](C)(C(=O)O)O2. The molecule has 1 saturated heterocycles. The highest BCUT2D eigenvalue weighted by Gasteiger charge is 2.41. The van der Waals surface area contributed by atoms with Crippen LogP contribution < -0.4 is 9.47 Å². The van der Waals surface area contributed by atoms with E-state index in [0.29, 0.717) is 18.6 Å². The molecule has 2 aliphatic heterocycles. The van der Waals surface area contributed by atoms with Gasteiger partial charge in [0.15, 0.2) is 6.29 Å². The van der Waals surface area contributed by atoms with Crippen LogP contribution in [0.25, 0.3) is 0 Å². The number of benzene rings is 1. The third-order valence-corrected chi connectivity index (χ3v) is 5.33. The number of fused-ring (bicyclic) bond motifs is 1. The fraction of sp³-hybridized carbons (Fsp3) is 0.632. The molecule has 0 radical (unpaired) electrons. The second-order valence-electron chi connectivity index (χ2n) is 7.06. The summed E-state index contributed by atoms with van der Waals surface area (Å²) in [5.74, 6) is 0.650. The van der Waals surface area contributed by atoms with Crippen LogP contribution in [0.3, 0.4) is 0 Å². The quantitative estimate of drug-likeness (QED) is 0.913. The van der Waals surface area contributed by atoms with Gasteiger partial charge in [0.1, 0.15) is 11.5 Å². The van der Waals surface area contributed by atoms with Crippen molar-refractivity contribution in [3.63, 3.8) is 0 Å². The van der Waals surface area contributed by atoms with E-state index in [0.717, 1.165) is 53.9 Å². The fourth-order valence-electron chi connectivity index (χ4n) is 3.50. The van der Waals surface area contributed by atoms with E-state index in [1.165, 1.54) is 0 Å². The number of aliphatic carboxylic acids is 1. The van der Waals surface area contributed by atoms with Crippen molar-refractivity contribution in [2.24, 2.45) is 0 Å². The Morgan fingerprint density at radius 2 is 1.96 bits per heavy atom. The molecule has 0 aromatic heterocycles. The Morgan fingerprint density at radius 1 is 1.21 bits per heavy atom. The molecule has 0 amide bonds. The van der Waals surface area contributed by atoms with Crippen LogP contribution >= 0.6 is 0 Å². The lowest BCUT2D eigenvalue weighted by Crippen LogP contribution is -2.44. The third-order valence-electron chi connectivity index (χ3n) is 5.33. The summed E-state index contributed by atoms with van der Waals surface area (Å²) < 4.78 is 17.8. The van der Waals surface area contributed by atoms with Crippen LogP contribution in [0.4, 0.5) is 0 Å². The van der Waals surface area contributed by atoms with Crippen LogP contribution in [-0.2, 0) is 16.0 Å². The van der Waals surface area contributed by atoms with Crippen LogP contribution in [0.5, 0.6) is 11.5 Å². The Bertz CT molecular complexity index is 660. The summed E-state index contributed by atoms with van der Waals surface area (Å²) in [4.78, 5) is 11.5. The summed E-state index contributed by atoms with van der Waals surface area (Å²) in [5, 5.41) is 9.46. The predicted octanol–water partition coefficient (Wildman–Crippen LogP) is 3.69. The van der Waals surface area contributed by atoms with Gasteiger partial charge in [-0.3, -0.25) is 0 Å². The second kappa shape index (κ2) is 6.28. The van der Waals surface area contributed by atoms with E-state index >= 15 is 0 Å². The molecule has 3 rings (SSSR count). The molecule has 0 aliphatic carbocycles. The Balaban J connectivity index is 1.97. The summed E-state index contributed by atoms with van der Waals surface area (Å²) in [5.41, 5.74) is 2.88. The zero-order valence-corrected chi connectivity index (χ0v) is 14.9. The predicted molar refractivity (Wildman–Crippen MR) is 89.9 cm³/mol. The number of carboxylic acids is 1. The smallest absolute Gasteiger partial charge is 0.347 e. The molecule has 0 spiro atoms. The Hall–Kier alpha value is -1.75. The maximum atomic E-state index is 11.5. The normalized spacial score (nSPS) is 26.4. The molecule has 0 saturated carbocycles. The van der Waals surface area contributed by atoms with Crippen molar-refractivity contribution in [1.29, 1.82) is 0 Å². The molecule has 0 bridgehead atoms. The first-order valence-corrected chi connectivity index (χ1v) is 8.67. The molecule has 1 aromatic carbocycles. The van der Waals surface area contributed by atoms with Gasteiger partial charge in [0.05, 0.1) is 6.61 Å². The molecule has 24 heavy (non-hydrogen) atoms. The van der Waals surface area contributed by atoms with E-state index in [2.05, 4.69) is 0 Å². The molecule has 132 valence electrons. The number of ether oxygens (including phenoxy) is 3. The standard InChI is InChI=1S/C19H26O5/c1-11-12(2)17-14(8-9-19(4,24-17)18(20)21)13(3)16(11)23-15-7-5-6-10-22-15/h15H,5-10H2,1-4H3,(H,20,21)/t15?,19-/m1/s1. The Labute approximate surface area is 142 Å². The van der Waals surface area contributed by atoms with Gasteiger partial charge in [-0.05, 0) is 63.6 Å². The Morgan fingerprint density at radius 3 is 2.58 bits per heavy atom. The zero-order valence-electron chi connectivity index (χ0n) is 14.9. The summed E-state index contributed by atoms with van der Waals surface area (Å²) in [6.07, 6.45) is 4.05. The molecular formula is C19H26O5. The lowest BCUT2D eigenvalue weighted by atomic mass is 9.87. The van der Waals surface area contributed by atoms with Gasteiger partial charge in [-0.2, -0.15) is 0 Å². The first-order valence-electron chi connectivity index (χ1n) is 8.67. The molecule has 1 N–H and O–H groups in total. The van der Waals surface area contributed by atoms with Crippen LogP contribution in [0.15, 0.2) is 0 Å². The summed E-state index contributed by atoms with van der Waals surface area (Å²) in [6, 6.07) is 0. The molecule has 2 heterocycles. The van der Waals surface area contributed by atoms with Crippen molar-refractivity contribution in [2.75, 3.05) is 6.61 Å². The maximum Gasteiger partial charge on any atom is 0.347 e. The number of rotatable bonds is 3. The first kappa shape index (κ1) is 17.1. The monoisotopic (exact) mass is 334 g/mol. The van der Waals surface area contributed by atoms with Crippen LogP contribution in [0, 0.1) is 20.8 Å². The van der Waals surface area contributed by atoms with Gasteiger partial charge in [0.25, 0.3) is 0 Å². The zero-order chi connectivity index (χ0) is 17.5. The average Bonchev–Trinajstić information content (AvgIpc) is 2.57. The van der Waals surface area contributed by atoms with E-state index < -0.39 is 11.6 Å². The van der Waals surface area contributed by atoms with Crippen molar-refractivity contribution < 1.29 is 24.1 Å². The molecule has 1 fully saturated rings. The van der Waals surface area contributed by atoms with E-state index in [4.69, 9.17) is 14.2 Å². The minimum atomic E-state index is -1.16. The molecule has 2 aliphatic rings. The van der Waals surface area contributed by atoms with Crippen LogP contribution in [-0.4, -0.2) is 29.6 Å². The molecular weight excluding hydrogens is 308 g/mol. The summed E-state index contributed by atoms with van der Waals surface area (Å²) >= 11 is 0. The molecule has 5 heteroatoms. The minimum absolute atomic E-state index is 0.192. The highest BCUT2D eigenvalue weighted by atomic mass is 16.7. The van der Waals surface area contributed by atoms with Gasteiger partial charge >= 0.3 is 5.97 Å². The van der Waals surface area contributed by atoms with Gasteiger partial charge in [0.2, 0.25) is 5.60 Å². The number of carbonyl (C=O) groups is 1. The number of carboxylic acid groups (broad SMARTS) is 1. The molecule has 2 atom stereocenters. The van der Waals surface area contributed by atoms with E-state index in [9.17, 15) is 9.90 Å². The van der Waals surface area contributed by atoms with E-state index in [-0.39, 0.29) is 6.29 Å². The van der Waals surface area contributed by atoms with Crippen molar-refractivity contribution in [2.45, 2.75) is 71.7 Å². The van der Waals surface area contributed by atoms with Crippen LogP contribution in [0.2, 0.25) is 0 Å². The van der Waals surface area contributed by atoms with Gasteiger partial charge in [-0.25, -0.2) is 4.79 Å². The highest BCUT2D eigenvalue weighted by molar-refractivity contribution is 5.78. The van der Waals surface area contributed by atoms with Crippen molar-refractivity contribution in [3.05, 3.63) is 22.3 Å². The van der Waals surface area contributed by atoms with Gasteiger partial charge < -0.3 is 19.3 Å². The average molecular weight is 334 g/mol. The molecule has 1 aromatic rings. The minimum Gasteiger partial charge on any atom is -0.478 e. The lowest BCUT2D eigenvalue weighted by molar-refractivity contribution is -0.155. The molecule has 5 nitrogen and oxygen atoms in total. The first-order chi connectivity index (χ1) is 11.3. The van der Waals surface area contributed by atoms with Crippen molar-refractivity contribution >= 4 is 5.97 Å². The Kier molecular flexibility index (Phi) is 4.47. The summed E-state index contributed by atoms with van der Waals surface area (Å²) in [6.45, 7) is 8.37. The van der Waals surface area contributed by atoms with Gasteiger partial charge in [-0.15, -0.1) is 0 Å². The highest BCUT2D eigenvalue weighted by Crippen LogP contribution is 2.44. The topological polar surface area (TPSA) is 65.0 Å². The third kappa shape index (κ3) is 2.86. The van der Waals surface area contributed by atoms with Crippen molar-refractivity contribution in [3.8, 4) is 11.5 Å². The maximum absolute atomic E-state index is 11.5. The van der Waals surface area contributed by atoms with E-state index in [1.54, 1.807) is 6.92 Å². The largest absolute Gasteiger partial charge is 0.478 e. The molecule has 1 unspecified atom stereocenters. The van der Waals surface area contributed by atoms with Gasteiger partial charge in [0, 0.05) is 18.4 Å². The lowest BCUT2D eigenvalue weighted by Gasteiger charge is -2.35. The number of hydrogen-bond donors (Lipinski definition) is 1. The fourth-order valence-corrected chi connectivity index (χ4v) is 3.50. The van der Waals surface area contributed by atoms with Crippen LogP contribution in [0.1, 0.15) is 54.9 Å².